The number of hydrogen-bond donors (Lipinski definition) is 0. The van der Waals surface area contributed by atoms with Crippen molar-refractivity contribution < 1.29 is 4.79 Å². The largest absolute Gasteiger partial charge is 0.340 e. The molecule has 1 fully saturated rings. The first kappa shape index (κ1) is 21.2. The van der Waals surface area contributed by atoms with E-state index in [0.717, 1.165) is 61.9 Å². The van der Waals surface area contributed by atoms with Gasteiger partial charge < -0.3 is 4.90 Å². The average Bonchev–Trinajstić information content (AvgIpc) is 3.12. The molecule has 0 aliphatic carbocycles. The monoisotopic (exact) mass is 417 g/mol. The van der Waals surface area contributed by atoms with E-state index in [1.54, 1.807) is 0 Å². The molecule has 1 amide bonds. The van der Waals surface area contributed by atoms with Gasteiger partial charge in [-0.15, -0.1) is 0 Å². The van der Waals surface area contributed by atoms with Gasteiger partial charge in [0.2, 0.25) is 5.91 Å². The number of pyridine rings is 1. The third-order valence-electron chi connectivity index (χ3n) is 6.03. The molecule has 0 bridgehead atoms. The summed E-state index contributed by atoms with van der Waals surface area (Å²) < 4.78 is 1.95. The first-order valence-corrected chi connectivity index (χ1v) is 11.0. The zero-order valence-electron chi connectivity index (χ0n) is 18.7. The number of aromatic nitrogens is 3. The lowest BCUT2D eigenvalue weighted by Gasteiger charge is -2.34. The van der Waals surface area contributed by atoms with Gasteiger partial charge in [0.25, 0.3) is 0 Å². The van der Waals surface area contributed by atoms with Gasteiger partial charge in [0.15, 0.2) is 0 Å². The second kappa shape index (κ2) is 9.43. The quantitative estimate of drug-likeness (QED) is 0.616. The first-order chi connectivity index (χ1) is 15.0. The fourth-order valence-electron chi connectivity index (χ4n) is 4.15. The van der Waals surface area contributed by atoms with E-state index >= 15 is 0 Å². The Labute approximate surface area is 184 Å². The van der Waals surface area contributed by atoms with Crippen LogP contribution < -0.4 is 0 Å². The van der Waals surface area contributed by atoms with E-state index in [1.807, 2.05) is 28.8 Å². The van der Waals surface area contributed by atoms with Gasteiger partial charge in [-0.25, -0.2) is 4.68 Å². The summed E-state index contributed by atoms with van der Waals surface area (Å²) in [4.78, 5) is 21.6. The van der Waals surface area contributed by atoms with Crippen molar-refractivity contribution in [2.45, 2.75) is 40.2 Å². The zero-order chi connectivity index (χ0) is 21.8. The summed E-state index contributed by atoms with van der Waals surface area (Å²) in [7, 11) is 0. The van der Waals surface area contributed by atoms with Crippen molar-refractivity contribution in [1.82, 2.24) is 24.6 Å². The van der Waals surface area contributed by atoms with Gasteiger partial charge in [0, 0.05) is 51.0 Å². The predicted molar refractivity (Wildman–Crippen MR) is 122 cm³/mol. The third kappa shape index (κ3) is 5.20. The number of benzene rings is 1. The van der Waals surface area contributed by atoms with E-state index < -0.39 is 0 Å². The van der Waals surface area contributed by atoms with Gasteiger partial charge in [0.05, 0.1) is 17.1 Å². The summed E-state index contributed by atoms with van der Waals surface area (Å²) in [5.74, 6) is 0.247. The Bertz CT molecular complexity index is 1030. The van der Waals surface area contributed by atoms with Crippen molar-refractivity contribution in [1.29, 1.82) is 0 Å². The molecule has 162 valence electrons. The molecular formula is C25H31N5O. The maximum Gasteiger partial charge on any atom is 0.222 e. The van der Waals surface area contributed by atoms with E-state index in [2.05, 4.69) is 65.2 Å². The van der Waals surface area contributed by atoms with Gasteiger partial charge in [0.1, 0.15) is 0 Å². The molecule has 0 spiro atoms. The van der Waals surface area contributed by atoms with Crippen LogP contribution in [0.2, 0.25) is 0 Å². The molecule has 0 atom stereocenters. The Morgan fingerprint density at radius 2 is 1.74 bits per heavy atom. The highest BCUT2D eigenvalue weighted by molar-refractivity contribution is 5.76. The molecular weight excluding hydrogens is 386 g/mol. The summed E-state index contributed by atoms with van der Waals surface area (Å²) >= 11 is 0. The molecule has 3 aromatic rings. The number of aryl methyl sites for hydroxylation is 4. The molecule has 31 heavy (non-hydrogen) atoms. The standard InChI is InChI=1S/C25H31N5O/c1-19-5-4-12-26-24(19)18-28-13-15-29(16-14-28)25(31)11-8-22-6-9-23(10-7-22)30-21(3)17-20(2)27-30/h4-7,9-10,12,17H,8,11,13-16,18H2,1-3H3. The molecule has 1 aliphatic rings. The van der Waals surface area contributed by atoms with Gasteiger partial charge in [-0.3, -0.25) is 14.7 Å². The Morgan fingerprint density at radius 3 is 2.39 bits per heavy atom. The van der Waals surface area contributed by atoms with Gasteiger partial charge >= 0.3 is 0 Å². The lowest BCUT2D eigenvalue weighted by atomic mass is 10.1. The Kier molecular flexibility index (Phi) is 6.47. The van der Waals surface area contributed by atoms with Crippen LogP contribution in [0, 0.1) is 20.8 Å². The highest BCUT2D eigenvalue weighted by atomic mass is 16.2. The van der Waals surface area contributed by atoms with Crippen LogP contribution in [0.15, 0.2) is 48.7 Å². The molecule has 6 nitrogen and oxygen atoms in total. The van der Waals surface area contributed by atoms with E-state index in [-0.39, 0.29) is 5.91 Å². The van der Waals surface area contributed by atoms with Crippen molar-refractivity contribution in [3.05, 3.63) is 76.9 Å². The summed E-state index contributed by atoms with van der Waals surface area (Å²) in [5, 5.41) is 4.53. The van der Waals surface area contributed by atoms with Crippen molar-refractivity contribution >= 4 is 5.91 Å². The van der Waals surface area contributed by atoms with Gasteiger partial charge in [-0.2, -0.15) is 5.10 Å². The van der Waals surface area contributed by atoms with Crippen LogP contribution >= 0.6 is 0 Å². The SMILES string of the molecule is Cc1cc(C)n(-c2ccc(CCC(=O)N3CCN(Cc4ncccc4C)CC3)cc2)n1. The van der Waals surface area contributed by atoms with Crippen molar-refractivity contribution in [3.63, 3.8) is 0 Å². The normalized spacial score (nSPS) is 14.7. The van der Waals surface area contributed by atoms with Crippen LogP contribution in [0.1, 0.15) is 34.6 Å². The van der Waals surface area contributed by atoms with Crippen molar-refractivity contribution in [2.24, 2.45) is 0 Å². The molecule has 4 rings (SSSR count). The molecule has 2 aromatic heterocycles. The third-order valence-corrected chi connectivity index (χ3v) is 6.03. The second-order valence-corrected chi connectivity index (χ2v) is 8.43. The fourth-order valence-corrected chi connectivity index (χ4v) is 4.15. The number of rotatable bonds is 6. The van der Waals surface area contributed by atoms with E-state index in [9.17, 15) is 4.79 Å². The van der Waals surface area contributed by atoms with Crippen LogP contribution in [0.4, 0.5) is 0 Å². The van der Waals surface area contributed by atoms with Crippen LogP contribution in [0.25, 0.3) is 5.69 Å². The maximum absolute atomic E-state index is 12.7. The topological polar surface area (TPSA) is 54.3 Å². The second-order valence-electron chi connectivity index (χ2n) is 8.43. The predicted octanol–water partition coefficient (Wildman–Crippen LogP) is 3.47. The summed E-state index contributed by atoms with van der Waals surface area (Å²) in [6.07, 6.45) is 3.17. The van der Waals surface area contributed by atoms with Crippen molar-refractivity contribution in [2.75, 3.05) is 26.2 Å². The number of nitrogens with zero attached hydrogens (tertiary/aromatic N) is 5. The maximum atomic E-state index is 12.7. The van der Waals surface area contributed by atoms with Crippen LogP contribution in [0.3, 0.4) is 0 Å². The summed E-state index contributed by atoms with van der Waals surface area (Å²) in [6.45, 7) is 10.4. The van der Waals surface area contributed by atoms with Crippen LogP contribution in [-0.2, 0) is 17.8 Å². The van der Waals surface area contributed by atoms with E-state index in [4.69, 9.17) is 0 Å². The van der Waals surface area contributed by atoms with Crippen LogP contribution in [-0.4, -0.2) is 56.7 Å². The highest BCUT2D eigenvalue weighted by Gasteiger charge is 2.21. The average molecular weight is 418 g/mol. The van der Waals surface area contributed by atoms with E-state index in [0.29, 0.717) is 6.42 Å². The van der Waals surface area contributed by atoms with Gasteiger partial charge in [-0.05, 0) is 62.6 Å². The molecule has 1 aromatic carbocycles. The van der Waals surface area contributed by atoms with E-state index in [1.165, 1.54) is 11.1 Å². The molecule has 0 radical (unpaired) electrons. The molecule has 0 unspecified atom stereocenters. The first-order valence-electron chi connectivity index (χ1n) is 11.0. The molecule has 3 heterocycles. The molecule has 0 N–H and O–H groups in total. The smallest absolute Gasteiger partial charge is 0.222 e. The number of carbonyl (C=O) groups excluding carboxylic acids is 1. The lowest BCUT2D eigenvalue weighted by Crippen LogP contribution is -2.48. The lowest BCUT2D eigenvalue weighted by molar-refractivity contribution is -0.133. The minimum Gasteiger partial charge on any atom is -0.340 e. The highest BCUT2D eigenvalue weighted by Crippen LogP contribution is 2.15. The minimum absolute atomic E-state index is 0.247. The number of carbonyl (C=O) groups is 1. The summed E-state index contributed by atoms with van der Waals surface area (Å²) in [5.41, 5.74) is 6.74. The van der Waals surface area contributed by atoms with Crippen molar-refractivity contribution in [3.8, 4) is 5.69 Å². The molecule has 1 aliphatic heterocycles. The van der Waals surface area contributed by atoms with Gasteiger partial charge in [-0.1, -0.05) is 18.2 Å². The number of hydrogen-bond acceptors (Lipinski definition) is 4. The number of piperazine rings is 1. The minimum atomic E-state index is 0.247. The Morgan fingerprint density at radius 1 is 1.00 bits per heavy atom. The molecule has 0 saturated carbocycles. The molecule has 6 heteroatoms. The Hall–Kier alpha value is -2.99. The van der Waals surface area contributed by atoms with Crippen LogP contribution in [0.5, 0.6) is 0 Å². The fraction of sp³-hybridized carbons (Fsp3) is 0.400. The zero-order valence-corrected chi connectivity index (χ0v) is 18.7. The molecule has 1 saturated heterocycles. The number of amides is 1. The summed E-state index contributed by atoms with van der Waals surface area (Å²) in [6, 6.07) is 14.5. The Balaban J connectivity index is 1.25.